The maximum absolute atomic E-state index is 12.6. The number of hydrogen-bond acceptors (Lipinski definition) is 4. The standard InChI is InChI=1S/C18H21NO4/c20-16(11-13-9-14-3-1-2-4-15(14)10-13)19-7-5-18(6-8-19)12-22-17(21)23-18/h1-4,13H,5-12H2. The van der Waals surface area contributed by atoms with E-state index in [0.717, 1.165) is 12.8 Å². The van der Waals surface area contributed by atoms with Gasteiger partial charge in [-0.1, -0.05) is 24.3 Å². The number of amides is 1. The van der Waals surface area contributed by atoms with Crippen LogP contribution in [0.2, 0.25) is 0 Å². The molecule has 5 heteroatoms. The van der Waals surface area contributed by atoms with E-state index in [1.54, 1.807) is 0 Å². The molecule has 0 N–H and O–H groups in total. The molecule has 1 aromatic carbocycles. The highest BCUT2D eigenvalue weighted by atomic mass is 16.8. The summed E-state index contributed by atoms with van der Waals surface area (Å²) in [6.07, 6.45) is 3.40. The third-order valence-electron chi connectivity index (χ3n) is 5.38. The summed E-state index contributed by atoms with van der Waals surface area (Å²) in [5, 5.41) is 0. The van der Waals surface area contributed by atoms with Crippen molar-refractivity contribution in [3.63, 3.8) is 0 Å². The van der Waals surface area contributed by atoms with Gasteiger partial charge < -0.3 is 14.4 Å². The van der Waals surface area contributed by atoms with E-state index >= 15 is 0 Å². The SMILES string of the molecule is O=C1OCC2(CCN(C(=O)CC3Cc4ccccc4C3)CC2)O1. The lowest BCUT2D eigenvalue weighted by atomic mass is 9.91. The Bertz CT molecular complexity index is 609. The van der Waals surface area contributed by atoms with Gasteiger partial charge in [0.2, 0.25) is 5.91 Å². The van der Waals surface area contributed by atoms with E-state index in [2.05, 4.69) is 24.3 Å². The average molecular weight is 315 g/mol. The average Bonchev–Trinajstić information content (AvgIpc) is 3.11. The number of rotatable bonds is 2. The van der Waals surface area contributed by atoms with Crippen molar-refractivity contribution in [1.29, 1.82) is 0 Å². The maximum Gasteiger partial charge on any atom is 0.509 e. The minimum atomic E-state index is -0.575. The second-order valence-electron chi connectivity index (χ2n) is 6.95. The molecule has 5 nitrogen and oxygen atoms in total. The van der Waals surface area contributed by atoms with Gasteiger partial charge in [-0.2, -0.15) is 0 Å². The molecule has 1 aliphatic carbocycles. The maximum atomic E-state index is 12.6. The largest absolute Gasteiger partial charge is 0.509 e. The van der Waals surface area contributed by atoms with Crippen LogP contribution in [0.25, 0.3) is 0 Å². The Morgan fingerprint density at radius 3 is 2.39 bits per heavy atom. The van der Waals surface area contributed by atoms with Crippen molar-refractivity contribution < 1.29 is 19.1 Å². The van der Waals surface area contributed by atoms with Gasteiger partial charge in [-0.25, -0.2) is 4.79 Å². The molecule has 0 unspecified atom stereocenters. The lowest BCUT2D eigenvalue weighted by Gasteiger charge is -2.36. The molecule has 1 amide bonds. The molecule has 2 saturated heterocycles. The van der Waals surface area contributed by atoms with E-state index < -0.39 is 11.8 Å². The third-order valence-corrected chi connectivity index (χ3v) is 5.38. The van der Waals surface area contributed by atoms with Crippen LogP contribution < -0.4 is 0 Å². The predicted molar refractivity (Wildman–Crippen MR) is 82.9 cm³/mol. The van der Waals surface area contributed by atoms with Crippen molar-refractivity contribution in [2.45, 2.75) is 37.7 Å². The van der Waals surface area contributed by atoms with E-state index in [-0.39, 0.29) is 5.91 Å². The Labute approximate surface area is 135 Å². The molecular formula is C18H21NO4. The molecular weight excluding hydrogens is 294 g/mol. The molecule has 1 spiro atoms. The number of ether oxygens (including phenoxy) is 2. The van der Waals surface area contributed by atoms with Gasteiger partial charge >= 0.3 is 6.16 Å². The molecule has 0 radical (unpaired) electrons. The number of nitrogens with zero attached hydrogens (tertiary/aromatic N) is 1. The zero-order valence-corrected chi connectivity index (χ0v) is 13.1. The number of benzene rings is 1. The quantitative estimate of drug-likeness (QED) is 0.786. The van der Waals surface area contributed by atoms with Crippen molar-refractivity contribution in [3.8, 4) is 0 Å². The minimum absolute atomic E-state index is 0.225. The summed E-state index contributed by atoms with van der Waals surface area (Å²) < 4.78 is 10.2. The van der Waals surface area contributed by atoms with Crippen LogP contribution in [0, 0.1) is 5.92 Å². The van der Waals surface area contributed by atoms with Gasteiger partial charge in [-0.05, 0) is 29.9 Å². The van der Waals surface area contributed by atoms with Crippen LogP contribution in [0.4, 0.5) is 4.79 Å². The van der Waals surface area contributed by atoms with Crippen LogP contribution in [0.3, 0.4) is 0 Å². The molecule has 0 atom stereocenters. The number of carbonyl (C=O) groups excluding carboxylic acids is 2. The highest BCUT2D eigenvalue weighted by Gasteiger charge is 2.45. The molecule has 3 aliphatic rings. The van der Waals surface area contributed by atoms with Crippen molar-refractivity contribution in [2.75, 3.05) is 19.7 Å². The van der Waals surface area contributed by atoms with E-state index in [1.165, 1.54) is 11.1 Å². The normalized spacial score (nSPS) is 22.8. The summed E-state index contributed by atoms with van der Waals surface area (Å²) in [5.41, 5.74) is 2.29. The zero-order valence-electron chi connectivity index (χ0n) is 13.1. The van der Waals surface area contributed by atoms with Crippen LogP contribution in [0.1, 0.15) is 30.4 Å². The molecule has 2 heterocycles. The number of carbonyl (C=O) groups is 2. The number of cyclic esters (lactones) is 1. The summed E-state index contributed by atoms with van der Waals surface area (Å²) in [7, 11) is 0. The van der Waals surface area contributed by atoms with Crippen LogP contribution in [0.15, 0.2) is 24.3 Å². The summed E-state index contributed by atoms with van der Waals surface area (Å²) in [6.45, 7) is 1.62. The van der Waals surface area contributed by atoms with Crippen molar-refractivity contribution in [2.24, 2.45) is 5.92 Å². The molecule has 0 saturated carbocycles. The van der Waals surface area contributed by atoms with Gasteiger partial charge in [0.25, 0.3) is 0 Å². The lowest BCUT2D eigenvalue weighted by molar-refractivity contribution is -0.135. The Kier molecular flexibility index (Phi) is 3.51. The first kappa shape index (κ1) is 14.5. The molecule has 1 aromatic rings. The number of piperidine rings is 1. The predicted octanol–water partition coefficient (Wildman–Crippen LogP) is 2.32. The van der Waals surface area contributed by atoms with Gasteiger partial charge in [0, 0.05) is 32.4 Å². The lowest BCUT2D eigenvalue weighted by Crippen LogP contribution is -2.48. The second-order valence-corrected chi connectivity index (χ2v) is 6.95. The first-order chi connectivity index (χ1) is 11.1. The zero-order chi connectivity index (χ0) is 15.9. The van der Waals surface area contributed by atoms with Crippen LogP contribution in [0.5, 0.6) is 0 Å². The highest BCUT2D eigenvalue weighted by Crippen LogP contribution is 2.33. The van der Waals surface area contributed by atoms with E-state index in [9.17, 15) is 9.59 Å². The van der Waals surface area contributed by atoms with Crippen molar-refractivity contribution in [1.82, 2.24) is 4.90 Å². The van der Waals surface area contributed by atoms with Gasteiger partial charge in [-0.3, -0.25) is 4.79 Å². The van der Waals surface area contributed by atoms with Gasteiger partial charge in [-0.15, -0.1) is 0 Å². The van der Waals surface area contributed by atoms with Crippen LogP contribution in [-0.2, 0) is 27.1 Å². The van der Waals surface area contributed by atoms with Gasteiger partial charge in [0.05, 0.1) is 0 Å². The fourth-order valence-corrected chi connectivity index (χ4v) is 4.01. The highest BCUT2D eigenvalue weighted by molar-refractivity contribution is 5.77. The Balaban J connectivity index is 1.31. The monoisotopic (exact) mass is 315 g/mol. The molecule has 2 fully saturated rings. The second kappa shape index (κ2) is 5.55. The van der Waals surface area contributed by atoms with Crippen LogP contribution in [-0.4, -0.2) is 42.3 Å². The van der Waals surface area contributed by atoms with E-state index in [4.69, 9.17) is 9.47 Å². The first-order valence-corrected chi connectivity index (χ1v) is 8.34. The smallest absolute Gasteiger partial charge is 0.430 e. The Hall–Kier alpha value is -2.04. The number of fused-ring (bicyclic) bond motifs is 1. The van der Waals surface area contributed by atoms with E-state index in [0.29, 0.717) is 44.9 Å². The van der Waals surface area contributed by atoms with Crippen LogP contribution >= 0.6 is 0 Å². The van der Waals surface area contributed by atoms with Gasteiger partial charge in [0.15, 0.2) is 5.60 Å². The topological polar surface area (TPSA) is 55.8 Å². The first-order valence-electron chi connectivity index (χ1n) is 8.34. The molecule has 122 valence electrons. The Morgan fingerprint density at radius 1 is 1.17 bits per heavy atom. The Morgan fingerprint density at radius 2 is 1.83 bits per heavy atom. The summed E-state index contributed by atoms with van der Waals surface area (Å²) >= 11 is 0. The number of likely N-dealkylation sites (tertiary alicyclic amines) is 1. The molecule has 23 heavy (non-hydrogen) atoms. The summed E-state index contributed by atoms with van der Waals surface area (Å²) in [6, 6.07) is 8.47. The van der Waals surface area contributed by atoms with Crippen molar-refractivity contribution >= 4 is 12.1 Å². The van der Waals surface area contributed by atoms with E-state index in [1.807, 2.05) is 4.90 Å². The molecule has 0 bridgehead atoms. The molecule has 2 aliphatic heterocycles. The summed E-state index contributed by atoms with van der Waals surface area (Å²) in [5.74, 6) is 0.645. The fourth-order valence-electron chi connectivity index (χ4n) is 4.01. The van der Waals surface area contributed by atoms with Crippen molar-refractivity contribution in [3.05, 3.63) is 35.4 Å². The van der Waals surface area contributed by atoms with Gasteiger partial charge in [0.1, 0.15) is 6.61 Å². The summed E-state index contributed by atoms with van der Waals surface area (Å²) in [4.78, 5) is 25.6. The third kappa shape index (κ3) is 2.80. The molecule has 4 rings (SSSR count). The molecule has 0 aromatic heterocycles. The number of hydrogen-bond donors (Lipinski definition) is 0. The minimum Gasteiger partial charge on any atom is -0.430 e. The fraction of sp³-hybridized carbons (Fsp3) is 0.556.